The molecule has 0 saturated carbocycles. The summed E-state index contributed by atoms with van der Waals surface area (Å²) in [5.41, 5.74) is -0.0565. The zero-order chi connectivity index (χ0) is 17.6. The van der Waals surface area contributed by atoms with E-state index in [2.05, 4.69) is 10.4 Å². The van der Waals surface area contributed by atoms with Crippen molar-refractivity contribution in [2.75, 3.05) is 5.32 Å². The number of hydrogen-bond donors (Lipinski definition) is 2. The molecule has 7 heteroatoms. The summed E-state index contributed by atoms with van der Waals surface area (Å²) in [5.74, 6) is -0.637. The molecule has 0 bridgehead atoms. The SMILES string of the molecule is O=C(O)C(=CNc1ccnn1Cc1ccco1)C(=O)c1ccccc1. The van der Waals surface area contributed by atoms with Gasteiger partial charge in [-0.3, -0.25) is 4.79 Å². The monoisotopic (exact) mass is 337 g/mol. The lowest BCUT2D eigenvalue weighted by molar-refractivity contribution is -0.132. The quantitative estimate of drug-likeness (QED) is 0.298. The molecular weight excluding hydrogens is 322 g/mol. The number of carboxylic acid groups (broad SMARTS) is 1. The normalized spacial score (nSPS) is 11.3. The first-order valence-corrected chi connectivity index (χ1v) is 7.49. The highest BCUT2D eigenvalue weighted by Gasteiger charge is 2.19. The van der Waals surface area contributed by atoms with Crippen molar-refractivity contribution in [3.05, 3.63) is 84.1 Å². The molecule has 0 aliphatic rings. The summed E-state index contributed by atoms with van der Waals surface area (Å²) >= 11 is 0. The molecule has 0 spiro atoms. The molecule has 2 heterocycles. The second kappa shape index (κ2) is 7.31. The maximum absolute atomic E-state index is 12.4. The molecule has 3 aromatic rings. The van der Waals surface area contributed by atoms with Gasteiger partial charge in [-0.2, -0.15) is 5.10 Å². The van der Waals surface area contributed by atoms with E-state index in [1.54, 1.807) is 59.6 Å². The molecule has 0 aliphatic carbocycles. The molecule has 126 valence electrons. The fraction of sp³-hybridized carbons (Fsp3) is 0.0556. The van der Waals surface area contributed by atoms with Crippen LogP contribution in [0.15, 0.2) is 77.2 Å². The molecule has 7 nitrogen and oxygen atoms in total. The Hall–Kier alpha value is -3.61. The number of Topliss-reactive ketones (excluding diaryl/α,β-unsaturated/α-hetero) is 1. The van der Waals surface area contributed by atoms with Gasteiger partial charge in [0.1, 0.15) is 23.7 Å². The van der Waals surface area contributed by atoms with Crippen molar-refractivity contribution in [3.63, 3.8) is 0 Å². The Balaban J connectivity index is 1.80. The number of furan rings is 1. The zero-order valence-electron chi connectivity index (χ0n) is 13.1. The highest BCUT2D eigenvalue weighted by Crippen LogP contribution is 2.13. The van der Waals surface area contributed by atoms with Gasteiger partial charge >= 0.3 is 5.97 Å². The standard InChI is InChI=1S/C18H15N3O4/c22-17(13-5-2-1-3-6-13)15(18(23)24)11-19-16-8-9-20-21(16)12-14-7-4-10-25-14/h1-11,19H,12H2,(H,23,24). The maximum atomic E-state index is 12.4. The molecule has 0 saturated heterocycles. The molecule has 25 heavy (non-hydrogen) atoms. The summed E-state index contributed by atoms with van der Waals surface area (Å²) in [7, 11) is 0. The van der Waals surface area contributed by atoms with E-state index >= 15 is 0 Å². The minimum absolute atomic E-state index is 0.307. The van der Waals surface area contributed by atoms with Crippen LogP contribution < -0.4 is 5.32 Å². The number of nitrogens with zero attached hydrogens (tertiary/aromatic N) is 2. The Morgan fingerprint density at radius 2 is 1.96 bits per heavy atom. The third-order valence-electron chi connectivity index (χ3n) is 3.48. The molecule has 2 aromatic heterocycles. The lowest BCUT2D eigenvalue weighted by Gasteiger charge is -2.07. The third-order valence-corrected chi connectivity index (χ3v) is 3.48. The summed E-state index contributed by atoms with van der Waals surface area (Å²) in [6.07, 6.45) is 4.30. The number of benzene rings is 1. The number of aliphatic carboxylic acids is 1. The Labute approximate surface area is 143 Å². The lowest BCUT2D eigenvalue weighted by atomic mass is 10.0. The average Bonchev–Trinajstić information content (AvgIpc) is 3.28. The number of aromatic nitrogens is 2. The van der Waals surface area contributed by atoms with Crippen LogP contribution in [0.2, 0.25) is 0 Å². The van der Waals surface area contributed by atoms with Gasteiger partial charge < -0.3 is 14.8 Å². The smallest absolute Gasteiger partial charge is 0.341 e. The Morgan fingerprint density at radius 3 is 2.64 bits per heavy atom. The van der Waals surface area contributed by atoms with Gasteiger partial charge in [-0.15, -0.1) is 0 Å². The first-order valence-electron chi connectivity index (χ1n) is 7.49. The van der Waals surface area contributed by atoms with Gasteiger partial charge in [-0.1, -0.05) is 30.3 Å². The van der Waals surface area contributed by atoms with E-state index in [4.69, 9.17) is 4.42 Å². The summed E-state index contributed by atoms with van der Waals surface area (Å²) in [6, 6.07) is 13.5. The van der Waals surface area contributed by atoms with Crippen LogP contribution in [0.1, 0.15) is 16.1 Å². The number of carbonyl (C=O) groups excluding carboxylic acids is 1. The maximum Gasteiger partial charge on any atom is 0.341 e. The van der Waals surface area contributed by atoms with Crippen molar-refractivity contribution >= 4 is 17.6 Å². The number of rotatable bonds is 7. The molecule has 1 aromatic carbocycles. The highest BCUT2D eigenvalue weighted by atomic mass is 16.4. The summed E-state index contributed by atoms with van der Waals surface area (Å²) in [4.78, 5) is 23.8. The molecule has 0 aliphatic heterocycles. The fourth-order valence-electron chi connectivity index (χ4n) is 2.25. The highest BCUT2D eigenvalue weighted by molar-refractivity contribution is 6.23. The van der Waals surface area contributed by atoms with E-state index in [0.29, 0.717) is 23.7 Å². The van der Waals surface area contributed by atoms with Crippen LogP contribution in [0.25, 0.3) is 0 Å². The minimum atomic E-state index is -1.31. The molecule has 2 N–H and O–H groups in total. The van der Waals surface area contributed by atoms with Gasteiger partial charge in [0, 0.05) is 17.8 Å². The predicted octanol–water partition coefficient (Wildman–Crippen LogP) is 2.79. The van der Waals surface area contributed by atoms with Crippen molar-refractivity contribution < 1.29 is 19.1 Å². The fourth-order valence-corrected chi connectivity index (χ4v) is 2.25. The molecule has 3 rings (SSSR count). The van der Waals surface area contributed by atoms with Crippen molar-refractivity contribution in [3.8, 4) is 0 Å². The number of carbonyl (C=O) groups is 2. The van der Waals surface area contributed by atoms with Crippen molar-refractivity contribution in [2.24, 2.45) is 0 Å². The molecule has 0 unspecified atom stereocenters. The first-order chi connectivity index (χ1) is 12.1. The van der Waals surface area contributed by atoms with Crippen LogP contribution in [0, 0.1) is 0 Å². The molecule has 0 amide bonds. The van der Waals surface area contributed by atoms with E-state index in [9.17, 15) is 14.7 Å². The Bertz CT molecular complexity index is 896. The van der Waals surface area contributed by atoms with E-state index in [-0.39, 0.29) is 5.57 Å². The Morgan fingerprint density at radius 1 is 1.16 bits per heavy atom. The summed E-state index contributed by atoms with van der Waals surface area (Å²) in [6.45, 7) is 0.380. The third kappa shape index (κ3) is 3.84. The van der Waals surface area contributed by atoms with Crippen LogP contribution in [0.3, 0.4) is 0 Å². The van der Waals surface area contributed by atoms with E-state index < -0.39 is 11.8 Å². The average molecular weight is 337 g/mol. The van der Waals surface area contributed by atoms with Gasteiger partial charge in [0.2, 0.25) is 5.78 Å². The van der Waals surface area contributed by atoms with Crippen molar-refractivity contribution in [1.29, 1.82) is 0 Å². The topological polar surface area (TPSA) is 97.4 Å². The van der Waals surface area contributed by atoms with Gasteiger partial charge in [0.15, 0.2) is 0 Å². The number of hydrogen-bond acceptors (Lipinski definition) is 5. The van der Waals surface area contributed by atoms with Crippen LogP contribution in [0.5, 0.6) is 0 Å². The molecule has 0 atom stereocenters. The second-order valence-electron chi connectivity index (χ2n) is 5.16. The largest absolute Gasteiger partial charge is 0.477 e. The van der Waals surface area contributed by atoms with Crippen molar-refractivity contribution in [1.82, 2.24) is 9.78 Å². The predicted molar refractivity (Wildman–Crippen MR) is 90.2 cm³/mol. The number of ketones is 1. The number of nitrogens with one attached hydrogen (secondary N) is 1. The number of carboxylic acids is 1. The number of anilines is 1. The molecular formula is C18H15N3O4. The summed E-state index contributed by atoms with van der Waals surface area (Å²) < 4.78 is 6.87. The van der Waals surface area contributed by atoms with E-state index in [0.717, 1.165) is 0 Å². The minimum Gasteiger partial charge on any atom is -0.477 e. The van der Waals surface area contributed by atoms with Gasteiger partial charge in [0.25, 0.3) is 0 Å². The van der Waals surface area contributed by atoms with E-state index in [1.165, 1.54) is 6.20 Å². The van der Waals surface area contributed by atoms with Gasteiger partial charge in [0.05, 0.1) is 12.5 Å². The van der Waals surface area contributed by atoms with E-state index in [1.807, 2.05) is 6.07 Å². The molecule has 0 fully saturated rings. The second-order valence-corrected chi connectivity index (χ2v) is 5.16. The van der Waals surface area contributed by atoms with Crippen LogP contribution >= 0.6 is 0 Å². The van der Waals surface area contributed by atoms with Crippen LogP contribution in [-0.4, -0.2) is 26.6 Å². The lowest BCUT2D eigenvalue weighted by Crippen LogP contribution is -2.15. The summed E-state index contributed by atoms with van der Waals surface area (Å²) in [5, 5.41) is 16.3. The molecule has 0 radical (unpaired) electrons. The van der Waals surface area contributed by atoms with Crippen LogP contribution in [-0.2, 0) is 11.3 Å². The van der Waals surface area contributed by atoms with Gasteiger partial charge in [-0.25, -0.2) is 9.48 Å². The van der Waals surface area contributed by atoms with Crippen molar-refractivity contribution in [2.45, 2.75) is 6.54 Å². The zero-order valence-corrected chi connectivity index (χ0v) is 13.1. The van der Waals surface area contributed by atoms with Gasteiger partial charge in [-0.05, 0) is 12.1 Å². The van der Waals surface area contributed by atoms with Crippen LogP contribution in [0.4, 0.5) is 5.82 Å². The Kier molecular flexibility index (Phi) is 4.75. The first kappa shape index (κ1) is 16.3.